The zero-order valence-electron chi connectivity index (χ0n) is 9.31. The molecule has 0 saturated heterocycles. The van der Waals surface area contributed by atoms with Gasteiger partial charge in [-0.15, -0.1) is 11.3 Å². The summed E-state index contributed by atoms with van der Waals surface area (Å²) in [6, 6.07) is 1.83. The molecule has 2 heterocycles. The normalized spacial score (nSPS) is 11.1. The monoisotopic (exact) mass is 273 g/mol. The first-order valence-corrected chi connectivity index (χ1v) is 6.01. The highest BCUT2D eigenvalue weighted by molar-refractivity contribution is 7.13. The highest BCUT2D eigenvalue weighted by atomic mass is 32.1. The van der Waals surface area contributed by atoms with Crippen LogP contribution in [0.4, 0.5) is 8.78 Å². The number of carboxylic acids is 1. The molecule has 18 heavy (non-hydrogen) atoms. The lowest BCUT2D eigenvalue weighted by Gasteiger charge is -1.94. The average Bonchev–Trinajstić information content (AvgIpc) is 2.94. The first-order chi connectivity index (χ1) is 8.54. The van der Waals surface area contributed by atoms with Crippen molar-refractivity contribution in [1.82, 2.24) is 4.98 Å². The molecule has 96 valence electrons. The van der Waals surface area contributed by atoms with Crippen molar-refractivity contribution in [2.45, 2.75) is 19.8 Å². The third-order valence-electron chi connectivity index (χ3n) is 2.38. The number of hydrogen-bond donors (Lipinski definition) is 1. The maximum Gasteiger partial charge on any atom is 0.374 e. The fourth-order valence-corrected chi connectivity index (χ4v) is 2.45. The Morgan fingerprint density at radius 3 is 2.83 bits per heavy atom. The van der Waals surface area contributed by atoms with Crippen molar-refractivity contribution in [2.24, 2.45) is 0 Å². The number of oxazole rings is 1. The van der Waals surface area contributed by atoms with Crippen molar-refractivity contribution in [3.8, 4) is 10.8 Å². The summed E-state index contributed by atoms with van der Waals surface area (Å²) in [5, 5.41) is 10.6. The maximum absolute atomic E-state index is 12.6. The summed E-state index contributed by atoms with van der Waals surface area (Å²) >= 11 is 1.28. The van der Waals surface area contributed by atoms with Crippen LogP contribution in [0.2, 0.25) is 0 Å². The topological polar surface area (TPSA) is 63.3 Å². The molecular formula is C11H9F2NO3S. The Labute approximate surface area is 105 Å². The van der Waals surface area contributed by atoms with Crippen LogP contribution in [0.3, 0.4) is 0 Å². The van der Waals surface area contributed by atoms with Gasteiger partial charge in [-0.1, -0.05) is 6.92 Å². The highest BCUT2D eigenvalue weighted by Gasteiger charge is 2.27. The first kappa shape index (κ1) is 12.7. The van der Waals surface area contributed by atoms with Crippen LogP contribution < -0.4 is 0 Å². The number of nitrogens with zero attached hydrogens (tertiary/aromatic N) is 1. The van der Waals surface area contributed by atoms with Gasteiger partial charge in [0.05, 0.1) is 4.88 Å². The lowest BCUT2D eigenvalue weighted by Crippen LogP contribution is -1.99. The summed E-state index contributed by atoms with van der Waals surface area (Å²) < 4.78 is 30.2. The van der Waals surface area contributed by atoms with Crippen LogP contribution >= 0.6 is 11.3 Å². The Morgan fingerprint density at radius 2 is 2.33 bits per heavy atom. The highest BCUT2D eigenvalue weighted by Crippen LogP contribution is 2.33. The van der Waals surface area contributed by atoms with Crippen molar-refractivity contribution in [1.29, 1.82) is 0 Å². The minimum Gasteiger partial charge on any atom is -0.475 e. The van der Waals surface area contributed by atoms with E-state index in [-0.39, 0.29) is 5.89 Å². The summed E-state index contributed by atoms with van der Waals surface area (Å²) in [5.41, 5.74) is 0.0620. The number of thiophene rings is 1. The molecule has 0 saturated carbocycles. The molecule has 0 aromatic carbocycles. The molecule has 4 nitrogen and oxygen atoms in total. The Kier molecular flexibility index (Phi) is 3.42. The zero-order valence-corrected chi connectivity index (χ0v) is 10.1. The predicted molar refractivity (Wildman–Crippen MR) is 61.1 cm³/mol. The summed E-state index contributed by atoms with van der Waals surface area (Å²) in [4.78, 5) is 15.0. The molecule has 0 spiro atoms. The van der Waals surface area contributed by atoms with E-state index in [1.807, 2.05) is 13.0 Å². The second-order valence-corrected chi connectivity index (χ2v) is 4.38. The van der Waals surface area contributed by atoms with Gasteiger partial charge in [0.1, 0.15) is 0 Å². The van der Waals surface area contributed by atoms with Crippen molar-refractivity contribution in [2.75, 3.05) is 0 Å². The number of alkyl halides is 2. The number of aryl methyl sites for hydroxylation is 1. The van der Waals surface area contributed by atoms with E-state index in [0.717, 1.165) is 5.56 Å². The number of carboxylic acid groups (broad SMARTS) is 1. The van der Waals surface area contributed by atoms with Gasteiger partial charge in [0.2, 0.25) is 11.7 Å². The van der Waals surface area contributed by atoms with E-state index in [0.29, 0.717) is 11.3 Å². The zero-order chi connectivity index (χ0) is 13.3. The predicted octanol–water partition coefficient (Wildman–Crippen LogP) is 3.60. The average molecular weight is 273 g/mol. The molecule has 0 unspecified atom stereocenters. The van der Waals surface area contributed by atoms with Gasteiger partial charge in [0, 0.05) is 0 Å². The largest absolute Gasteiger partial charge is 0.475 e. The number of hydrogen-bond acceptors (Lipinski definition) is 4. The summed E-state index contributed by atoms with van der Waals surface area (Å²) in [6.45, 7) is 1.90. The van der Waals surface area contributed by atoms with Crippen molar-refractivity contribution in [3.05, 3.63) is 28.5 Å². The Hall–Kier alpha value is -1.76. The molecule has 0 aliphatic heterocycles. The van der Waals surface area contributed by atoms with Gasteiger partial charge in [-0.05, 0) is 23.4 Å². The second-order valence-electron chi connectivity index (χ2n) is 3.47. The number of halogens is 2. The standard InChI is InChI=1S/C11H9F2NO3S/c1-2-5-3-4-18-8(5)10-14-6(9(12)13)7(17-10)11(15)16/h3-4,9H,2H2,1H3,(H,15,16). The van der Waals surface area contributed by atoms with E-state index in [1.165, 1.54) is 11.3 Å². The lowest BCUT2D eigenvalue weighted by atomic mass is 10.2. The van der Waals surface area contributed by atoms with Gasteiger partial charge < -0.3 is 9.52 Å². The van der Waals surface area contributed by atoms with Crippen LogP contribution in [0.25, 0.3) is 10.8 Å². The molecule has 0 atom stereocenters. The van der Waals surface area contributed by atoms with E-state index in [9.17, 15) is 13.6 Å². The number of aromatic nitrogens is 1. The smallest absolute Gasteiger partial charge is 0.374 e. The van der Waals surface area contributed by atoms with Gasteiger partial charge >= 0.3 is 5.97 Å². The Balaban J connectivity index is 2.53. The van der Waals surface area contributed by atoms with E-state index in [4.69, 9.17) is 9.52 Å². The molecule has 0 radical (unpaired) electrons. The van der Waals surface area contributed by atoms with E-state index in [2.05, 4.69) is 4.98 Å². The number of carbonyl (C=O) groups is 1. The van der Waals surface area contributed by atoms with E-state index >= 15 is 0 Å². The molecule has 2 rings (SSSR count). The van der Waals surface area contributed by atoms with Crippen LogP contribution in [0.15, 0.2) is 15.9 Å². The van der Waals surface area contributed by atoms with Crippen molar-refractivity contribution in [3.63, 3.8) is 0 Å². The Bertz CT molecular complexity index is 577. The molecule has 1 N–H and O–H groups in total. The minimum absolute atomic E-state index is 0.0606. The third-order valence-corrected chi connectivity index (χ3v) is 3.32. The fraction of sp³-hybridized carbons (Fsp3) is 0.273. The maximum atomic E-state index is 12.6. The molecule has 2 aromatic rings. The molecule has 0 aliphatic carbocycles. The lowest BCUT2D eigenvalue weighted by molar-refractivity contribution is 0.0647. The van der Waals surface area contributed by atoms with Gasteiger partial charge in [-0.2, -0.15) is 0 Å². The van der Waals surface area contributed by atoms with Gasteiger partial charge in [-0.3, -0.25) is 0 Å². The first-order valence-electron chi connectivity index (χ1n) is 5.13. The molecule has 7 heteroatoms. The van der Waals surface area contributed by atoms with Crippen LogP contribution in [-0.4, -0.2) is 16.1 Å². The number of aromatic carboxylic acids is 1. The molecule has 0 bridgehead atoms. The van der Waals surface area contributed by atoms with E-state index in [1.54, 1.807) is 5.38 Å². The quantitative estimate of drug-likeness (QED) is 0.924. The molecule has 0 fully saturated rings. The second kappa shape index (κ2) is 4.85. The summed E-state index contributed by atoms with van der Waals surface area (Å²) in [6.07, 6.45) is -2.29. The molecule has 0 aliphatic rings. The third kappa shape index (κ3) is 2.13. The SMILES string of the molecule is CCc1ccsc1-c1nc(C(F)F)c(C(=O)O)o1. The van der Waals surface area contributed by atoms with Crippen molar-refractivity contribution >= 4 is 17.3 Å². The Morgan fingerprint density at radius 1 is 1.61 bits per heavy atom. The minimum atomic E-state index is -2.97. The van der Waals surface area contributed by atoms with Crippen molar-refractivity contribution < 1.29 is 23.1 Å². The number of rotatable bonds is 4. The van der Waals surface area contributed by atoms with E-state index < -0.39 is 23.8 Å². The van der Waals surface area contributed by atoms with Gasteiger partial charge in [-0.25, -0.2) is 18.6 Å². The summed E-state index contributed by atoms with van der Waals surface area (Å²) in [7, 11) is 0. The van der Waals surface area contributed by atoms with Gasteiger partial charge in [0.25, 0.3) is 6.43 Å². The van der Waals surface area contributed by atoms with Crippen LogP contribution in [-0.2, 0) is 6.42 Å². The fourth-order valence-electron chi connectivity index (χ4n) is 1.53. The van der Waals surface area contributed by atoms with Crippen LogP contribution in [0, 0.1) is 0 Å². The summed E-state index contributed by atoms with van der Waals surface area (Å²) in [5.74, 6) is -2.40. The van der Waals surface area contributed by atoms with Gasteiger partial charge in [0.15, 0.2) is 5.69 Å². The molecular weight excluding hydrogens is 264 g/mol. The molecule has 2 aromatic heterocycles. The van der Waals surface area contributed by atoms with Crippen LogP contribution in [0.5, 0.6) is 0 Å². The van der Waals surface area contributed by atoms with Crippen LogP contribution in [0.1, 0.15) is 35.2 Å². The molecule has 0 amide bonds.